The fourth-order valence-corrected chi connectivity index (χ4v) is 10.1. The van der Waals surface area contributed by atoms with Crippen molar-refractivity contribution in [1.29, 1.82) is 0 Å². The minimum absolute atomic E-state index is 0.0125. The van der Waals surface area contributed by atoms with Crippen molar-refractivity contribution in [3.63, 3.8) is 0 Å². The summed E-state index contributed by atoms with van der Waals surface area (Å²) in [7, 11) is -2.44. The average Bonchev–Trinajstić information content (AvgIpc) is 3.20. The van der Waals surface area contributed by atoms with E-state index in [4.69, 9.17) is 4.74 Å². The summed E-state index contributed by atoms with van der Waals surface area (Å²) >= 11 is 0. The average molecular weight is 556 g/mol. The van der Waals surface area contributed by atoms with E-state index in [1.165, 1.54) is 6.92 Å². The van der Waals surface area contributed by atoms with Gasteiger partial charge < -0.3 is 15.2 Å². The van der Waals surface area contributed by atoms with Crippen LogP contribution in [0.1, 0.15) is 91.9 Å². The summed E-state index contributed by atoms with van der Waals surface area (Å²) < 4.78 is 32.9. The zero-order chi connectivity index (χ0) is 27.9. The highest BCUT2D eigenvalue weighted by molar-refractivity contribution is 7.86. The Kier molecular flexibility index (Phi) is 8.90. The quantitative estimate of drug-likeness (QED) is 0.325. The first kappa shape index (κ1) is 29.8. The lowest BCUT2D eigenvalue weighted by Gasteiger charge is -2.62. The first-order valence-electron chi connectivity index (χ1n) is 14.7. The molecule has 0 aromatic rings. The molecule has 0 spiro atoms. The largest absolute Gasteiger partial charge is 0.463 e. The molecule has 2 N–H and O–H groups in total. The molecule has 4 fully saturated rings. The van der Waals surface area contributed by atoms with Gasteiger partial charge in [-0.05, 0) is 104 Å². The standard InChI is InChI=1S/C29H49NO7S/c1-18(6-9-26(33)30-14-15-38(34,35)36-5)22-7-8-23-27-24(11-13-29(22,23)4)28(3)12-10-21(37-19(2)31)16-20(28)17-25(27)32/h18,20-25,27,32H,6-17H2,1-5H3,(H,30,33)/t18-,20+,21-,22-,23+,24+,25-,27+,28+,29-/m1/s1. The van der Waals surface area contributed by atoms with Gasteiger partial charge in [-0.2, -0.15) is 8.42 Å². The van der Waals surface area contributed by atoms with Crippen molar-refractivity contribution in [2.24, 2.45) is 46.3 Å². The lowest BCUT2D eigenvalue weighted by molar-refractivity contribution is -0.182. The second-order valence-corrected chi connectivity index (χ2v) is 15.2. The van der Waals surface area contributed by atoms with Gasteiger partial charge >= 0.3 is 5.97 Å². The van der Waals surface area contributed by atoms with Crippen LogP contribution in [0, 0.1) is 46.3 Å². The molecule has 8 nitrogen and oxygen atoms in total. The molecule has 4 rings (SSSR count). The summed E-state index contributed by atoms with van der Waals surface area (Å²) in [6.07, 6.45) is 9.10. The van der Waals surface area contributed by atoms with E-state index in [0.717, 1.165) is 64.9 Å². The first-order chi connectivity index (χ1) is 17.8. The van der Waals surface area contributed by atoms with Gasteiger partial charge in [0.1, 0.15) is 6.10 Å². The summed E-state index contributed by atoms with van der Waals surface area (Å²) in [5.41, 5.74) is 0.364. The van der Waals surface area contributed by atoms with E-state index in [0.29, 0.717) is 41.9 Å². The molecule has 218 valence electrons. The molecule has 0 saturated heterocycles. The Morgan fingerprint density at radius 1 is 1.05 bits per heavy atom. The maximum Gasteiger partial charge on any atom is 0.302 e. The molecule has 38 heavy (non-hydrogen) atoms. The maximum absolute atomic E-state index is 12.4. The van der Waals surface area contributed by atoms with E-state index in [2.05, 4.69) is 30.3 Å². The number of hydrogen-bond acceptors (Lipinski definition) is 7. The van der Waals surface area contributed by atoms with E-state index >= 15 is 0 Å². The van der Waals surface area contributed by atoms with Crippen LogP contribution in [-0.2, 0) is 28.6 Å². The van der Waals surface area contributed by atoms with Gasteiger partial charge in [-0.15, -0.1) is 0 Å². The van der Waals surface area contributed by atoms with Crippen LogP contribution in [0.2, 0.25) is 0 Å². The Morgan fingerprint density at radius 3 is 2.42 bits per heavy atom. The molecule has 0 radical (unpaired) electrons. The maximum atomic E-state index is 12.4. The first-order valence-corrected chi connectivity index (χ1v) is 16.3. The molecule has 0 aromatic carbocycles. The number of carbonyl (C=O) groups excluding carboxylic acids is 2. The second kappa shape index (κ2) is 11.4. The Balaban J connectivity index is 1.37. The minimum Gasteiger partial charge on any atom is -0.463 e. The van der Waals surface area contributed by atoms with Crippen molar-refractivity contribution in [2.75, 3.05) is 19.4 Å². The van der Waals surface area contributed by atoms with Crippen molar-refractivity contribution in [3.05, 3.63) is 0 Å². The summed E-state index contributed by atoms with van der Waals surface area (Å²) in [5, 5.41) is 14.2. The predicted octanol–water partition coefficient (Wildman–Crippen LogP) is 4.06. The van der Waals surface area contributed by atoms with Crippen LogP contribution in [0.15, 0.2) is 0 Å². The van der Waals surface area contributed by atoms with Gasteiger partial charge in [0.2, 0.25) is 5.91 Å². The van der Waals surface area contributed by atoms with Crippen molar-refractivity contribution in [1.82, 2.24) is 5.32 Å². The molecule has 0 unspecified atom stereocenters. The SMILES string of the molecule is COS(=O)(=O)CCNC(=O)CC[C@@H](C)[C@H]1CC[C@H]2[C@@H]3[C@H](O)C[C@@H]4C[C@H](OC(C)=O)CC[C@]4(C)[C@H]3CC[C@]12C. The molecular weight excluding hydrogens is 506 g/mol. The highest BCUT2D eigenvalue weighted by Crippen LogP contribution is 2.68. The fourth-order valence-electron chi connectivity index (χ4n) is 9.55. The van der Waals surface area contributed by atoms with Crippen LogP contribution in [0.5, 0.6) is 0 Å². The molecule has 10 atom stereocenters. The van der Waals surface area contributed by atoms with Crippen molar-refractivity contribution < 1.29 is 32.0 Å². The number of fused-ring (bicyclic) bond motifs is 5. The van der Waals surface area contributed by atoms with Gasteiger partial charge in [-0.3, -0.25) is 13.8 Å². The Labute approximate surface area is 229 Å². The molecule has 4 aliphatic rings. The number of carbonyl (C=O) groups is 2. The zero-order valence-corrected chi connectivity index (χ0v) is 24.7. The molecule has 4 saturated carbocycles. The number of rotatable bonds is 9. The number of nitrogens with one attached hydrogen (secondary N) is 1. The van der Waals surface area contributed by atoms with Crippen molar-refractivity contribution >= 4 is 22.0 Å². The molecule has 0 bridgehead atoms. The van der Waals surface area contributed by atoms with Gasteiger partial charge in [-0.25, -0.2) is 0 Å². The summed E-state index contributed by atoms with van der Waals surface area (Å²) in [6, 6.07) is 0. The minimum atomic E-state index is -3.57. The van der Waals surface area contributed by atoms with E-state index in [-0.39, 0.29) is 47.2 Å². The molecule has 0 heterocycles. The third-order valence-electron chi connectivity index (χ3n) is 11.5. The lowest BCUT2D eigenvalue weighted by atomic mass is 9.43. The summed E-state index contributed by atoms with van der Waals surface area (Å²) in [6.45, 7) is 8.70. The van der Waals surface area contributed by atoms with Crippen LogP contribution >= 0.6 is 0 Å². The van der Waals surface area contributed by atoms with E-state index < -0.39 is 10.1 Å². The summed E-state index contributed by atoms with van der Waals surface area (Å²) in [4.78, 5) is 23.9. The second-order valence-electron chi connectivity index (χ2n) is 13.3. The van der Waals surface area contributed by atoms with Crippen LogP contribution in [0.25, 0.3) is 0 Å². The van der Waals surface area contributed by atoms with Gasteiger partial charge in [0.15, 0.2) is 0 Å². The van der Waals surface area contributed by atoms with E-state index in [1.807, 2.05) is 0 Å². The smallest absolute Gasteiger partial charge is 0.302 e. The molecule has 0 aromatic heterocycles. The normalized spacial score (nSPS) is 41.4. The van der Waals surface area contributed by atoms with E-state index in [9.17, 15) is 23.1 Å². The molecule has 4 aliphatic carbocycles. The number of amides is 1. The number of ether oxygens (including phenoxy) is 1. The number of aliphatic hydroxyl groups excluding tert-OH is 1. The Bertz CT molecular complexity index is 985. The third-order valence-corrected chi connectivity index (χ3v) is 12.7. The highest BCUT2D eigenvalue weighted by atomic mass is 32.2. The van der Waals surface area contributed by atoms with Gasteiger partial charge in [-0.1, -0.05) is 20.8 Å². The third kappa shape index (κ3) is 5.80. The molecule has 0 aliphatic heterocycles. The van der Waals surface area contributed by atoms with Gasteiger partial charge in [0, 0.05) is 19.9 Å². The fraction of sp³-hybridized carbons (Fsp3) is 0.931. The number of hydrogen-bond donors (Lipinski definition) is 2. The highest BCUT2D eigenvalue weighted by Gasteiger charge is 2.63. The van der Waals surface area contributed by atoms with Gasteiger partial charge in [0.25, 0.3) is 10.1 Å². The Morgan fingerprint density at radius 2 is 1.74 bits per heavy atom. The summed E-state index contributed by atoms with van der Waals surface area (Å²) in [5.74, 6) is 2.10. The molecular formula is C29H49NO7S. The number of esters is 1. The molecule has 9 heteroatoms. The monoisotopic (exact) mass is 555 g/mol. The number of aliphatic hydroxyl groups is 1. The zero-order valence-electron chi connectivity index (χ0n) is 23.9. The lowest BCUT2D eigenvalue weighted by Crippen LogP contribution is -2.58. The van der Waals surface area contributed by atoms with Crippen LogP contribution in [0.4, 0.5) is 0 Å². The van der Waals surface area contributed by atoms with E-state index in [1.54, 1.807) is 0 Å². The van der Waals surface area contributed by atoms with Gasteiger partial charge in [0.05, 0.1) is 19.0 Å². The Hall–Kier alpha value is -1.19. The topological polar surface area (TPSA) is 119 Å². The van der Waals surface area contributed by atoms with Crippen LogP contribution in [-0.4, -0.2) is 57.0 Å². The van der Waals surface area contributed by atoms with Crippen molar-refractivity contribution in [2.45, 2.75) is 104 Å². The van der Waals surface area contributed by atoms with Crippen molar-refractivity contribution in [3.8, 4) is 0 Å². The van der Waals surface area contributed by atoms with Crippen LogP contribution in [0.3, 0.4) is 0 Å². The van der Waals surface area contributed by atoms with Crippen LogP contribution < -0.4 is 5.32 Å². The predicted molar refractivity (Wildman–Crippen MR) is 144 cm³/mol. The molecule has 1 amide bonds.